The van der Waals surface area contributed by atoms with Crippen LogP contribution in [0, 0.1) is 5.82 Å². The minimum Gasteiger partial charge on any atom is -0.337 e. The van der Waals surface area contributed by atoms with E-state index in [-0.39, 0.29) is 11.7 Å². The molecule has 1 aromatic heterocycles. The number of nitrogens with zero attached hydrogens (tertiary/aromatic N) is 4. The van der Waals surface area contributed by atoms with Gasteiger partial charge in [-0.15, -0.1) is 0 Å². The summed E-state index contributed by atoms with van der Waals surface area (Å²) in [6.07, 6.45) is 3.71. The van der Waals surface area contributed by atoms with Gasteiger partial charge < -0.3 is 4.90 Å². The molecule has 0 N–H and O–H groups in total. The molecule has 130 valence electrons. The fourth-order valence-electron chi connectivity index (χ4n) is 2.73. The van der Waals surface area contributed by atoms with Crippen molar-refractivity contribution in [3.63, 3.8) is 0 Å². The van der Waals surface area contributed by atoms with Crippen LogP contribution in [0.2, 0.25) is 0 Å². The Morgan fingerprint density at radius 1 is 1.29 bits per heavy atom. The zero-order chi connectivity index (χ0) is 17.7. The fourth-order valence-corrected chi connectivity index (χ4v) is 2.73. The van der Waals surface area contributed by atoms with Crippen molar-refractivity contribution in [3.05, 3.63) is 53.6 Å². The fraction of sp³-hybridized carbons (Fsp3) is 0.444. The molecule has 0 aliphatic rings. The molecular weight excluding hydrogens is 307 g/mol. The molecule has 2 rings (SSSR count). The van der Waals surface area contributed by atoms with Crippen molar-refractivity contribution >= 4 is 5.91 Å². The van der Waals surface area contributed by atoms with Crippen molar-refractivity contribution in [3.8, 4) is 0 Å². The summed E-state index contributed by atoms with van der Waals surface area (Å²) in [6.45, 7) is 5.74. The Labute approximate surface area is 142 Å². The molecule has 0 radical (unpaired) electrons. The minimum atomic E-state index is -0.646. The van der Waals surface area contributed by atoms with Gasteiger partial charge in [0.1, 0.15) is 11.9 Å². The van der Waals surface area contributed by atoms with Crippen LogP contribution in [0.25, 0.3) is 0 Å². The smallest absolute Gasteiger partial charge is 0.244 e. The number of benzene rings is 1. The summed E-state index contributed by atoms with van der Waals surface area (Å²) in [5.74, 6) is -0.476. The van der Waals surface area contributed by atoms with Crippen LogP contribution in [-0.2, 0) is 17.9 Å². The first kappa shape index (κ1) is 18.1. The van der Waals surface area contributed by atoms with E-state index in [2.05, 4.69) is 5.10 Å². The van der Waals surface area contributed by atoms with Gasteiger partial charge in [0.25, 0.3) is 0 Å². The zero-order valence-corrected chi connectivity index (χ0v) is 14.7. The van der Waals surface area contributed by atoms with Gasteiger partial charge in [-0.2, -0.15) is 5.10 Å². The summed E-state index contributed by atoms with van der Waals surface area (Å²) in [4.78, 5) is 16.5. The van der Waals surface area contributed by atoms with Crippen LogP contribution in [0.5, 0.6) is 0 Å². The van der Waals surface area contributed by atoms with E-state index in [0.29, 0.717) is 18.7 Å². The third-order valence-corrected chi connectivity index (χ3v) is 4.03. The van der Waals surface area contributed by atoms with E-state index in [4.69, 9.17) is 0 Å². The second kappa shape index (κ2) is 8.06. The maximum atomic E-state index is 14.2. The number of aromatic nitrogens is 2. The van der Waals surface area contributed by atoms with Crippen LogP contribution in [0.4, 0.5) is 4.39 Å². The number of hydrogen-bond donors (Lipinski definition) is 0. The lowest BCUT2D eigenvalue weighted by Gasteiger charge is -2.30. The zero-order valence-electron chi connectivity index (χ0n) is 14.7. The summed E-state index contributed by atoms with van der Waals surface area (Å²) < 4.78 is 16.0. The van der Waals surface area contributed by atoms with Gasteiger partial charge in [-0.1, -0.05) is 18.2 Å². The van der Waals surface area contributed by atoms with E-state index in [9.17, 15) is 9.18 Å². The number of carbonyl (C=O) groups excluding carboxylic acids is 1. The van der Waals surface area contributed by atoms with Gasteiger partial charge in [-0.3, -0.25) is 14.4 Å². The number of rotatable bonds is 7. The Morgan fingerprint density at radius 3 is 2.54 bits per heavy atom. The number of carbonyl (C=O) groups is 1. The van der Waals surface area contributed by atoms with Crippen molar-refractivity contribution in [1.82, 2.24) is 19.6 Å². The number of aryl methyl sites for hydroxylation is 1. The third kappa shape index (κ3) is 4.00. The first-order valence-corrected chi connectivity index (χ1v) is 8.18. The lowest BCUT2D eigenvalue weighted by molar-refractivity contribution is -0.136. The average Bonchev–Trinajstić information content (AvgIpc) is 3.02. The molecule has 2 aromatic rings. The topological polar surface area (TPSA) is 41.4 Å². The van der Waals surface area contributed by atoms with E-state index in [1.54, 1.807) is 48.3 Å². The minimum absolute atomic E-state index is 0.114. The predicted octanol–water partition coefficient (Wildman–Crippen LogP) is 2.69. The molecule has 1 amide bonds. The van der Waals surface area contributed by atoms with E-state index in [0.717, 1.165) is 12.1 Å². The summed E-state index contributed by atoms with van der Waals surface area (Å²) in [7, 11) is 3.58. The van der Waals surface area contributed by atoms with Gasteiger partial charge in [-0.05, 0) is 34.0 Å². The molecule has 0 aliphatic heterocycles. The largest absolute Gasteiger partial charge is 0.337 e. The van der Waals surface area contributed by atoms with Gasteiger partial charge in [0.2, 0.25) is 5.91 Å². The summed E-state index contributed by atoms with van der Waals surface area (Å²) in [5, 5.41) is 4.24. The van der Waals surface area contributed by atoms with Crippen LogP contribution in [0.1, 0.15) is 31.0 Å². The standard InChI is InChI=1S/C18H25FN4O/c1-5-22(12-14-11-20-23(6-2)13-14)18(24)17(21(3)4)15-9-7-8-10-16(15)19/h7-11,13,17H,5-6,12H2,1-4H3/t17-/m1/s1. The number of halogens is 1. The van der Waals surface area contributed by atoms with E-state index in [1.807, 2.05) is 24.7 Å². The van der Waals surface area contributed by atoms with Gasteiger partial charge in [-0.25, -0.2) is 4.39 Å². The molecule has 0 saturated carbocycles. The molecule has 1 aromatic carbocycles. The molecule has 0 saturated heterocycles. The second-order valence-corrected chi connectivity index (χ2v) is 5.94. The van der Waals surface area contributed by atoms with Crippen LogP contribution < -0.4 is 0 Å². The summed E-state index contributed by atoms with van der Waals surface area (Å²) >= 11 is 0. The van der Waals surface area contributed by atoms with E-state index in [1.165, 1.54) is 6.07 Å². The summed E-state index contributed by atoms with van der Waals surface area (Å²) in [6, 6.07) is 5.80. The Balaban J connectivity index is 2.25. The van der Waals surface area contributed by atoms with Crippen molar-refractivity contribution in [2.24, 2.45) is 0 Å². The average molecular weight is 332 g/mol. The molecule has 6 heteroatoms. The lowest BCUT2D eigenvalue weighted by Crippen LogP contribution is -2.40. The van der Waals surface area contributed by atoms with Crippen LogP contribution in [0.15, 0.2) is 36.7 Å². The van der Waals surface area contributed by atoms with Crippen LogP contribution in [-0.4, -0.2) is 46.1 Å². The molecule has 0 aliphatic carbocycles. The summed E-state index contributed by atoms with van der Waals surface area (Å²) in [5.41, 5.74) is 1.37. The van der Waals surface area contributed by atoms with Gasteiger partial charge in [0.05, 0.1) is 6.20 Å². The first-order valence-electron chi connectivity index (χ1n) is 8.18. The first-order chi connectivity index (χ1) is 11.5. The highest BCUT2D eigenvalue weighted by molar-refractivity contribution is 5.83. The molecule has 0 spiro atoms. The van der Waals surface area contributed by atoms with Crippen molar-refractivity contribution in [1.29, 1.82) is 0 Å². The highest BCUT2D eigenvalue weighted by atomic mass is 19.1. The number of likely N-dealkylation sites (N-methyl/N-ethyl adjacent to an activating group) is 2. The SMILES string of the molecule is CCN(Cc1cnn(CC)c1)C(=O)[C@@H](c1ccccc1F)N(C)C. The van der Waals surface area contributed by atoms with Gasteiger partial charge in [0, 0.05) is 37.0 Å². The molecule has 0 fully saturated rings. The highest BCUT2D eigenvalue weighted by Crippen LogP contribution is 2.24. The molecule has 0 unspecified atom stereocenters. The Kier molecular flexibility index (Phi) is 6.09. The van der Waals surface area contributed by atoms with Crippen molar-refractivity contribution in [2.75, 3.05) is 20.6 Å². The molecule has 5 nitrogen and oxygen atoms in total. The normalized spacial score (nSPS) is 12.4. The molecule has 0 bridgehead atoms. The Morgan fingerprint density at radius 2 is 2.00 bits per heavy atom. The Hall–Kier alpha value is -2.21. The highest BCUT2D eigenvalue weighted by Gasteiger charge is 2.29. The number of amides is 1. The maximum absolute atomic E-state index is 14.2. The predicted molar refractivity (Wildman–Crippen MR) is 91.8 cm³/mol. The van der Waals surface area contributed by atoms with Crippen molar-refractivity contribution in [2.45, 2.75) is 33.0 Å². The third-order valence-electron chi connectivity index (χ3n) is 4.03. The lowest BCUT2D eigenvalue weighted by atomic mass is 10.0. The van der Waals surface area contributed by atoms with Crippen LogP contribution >= 0.6 is 0 Å². The second-order valence-electron chi connectivity index (χ2n) is 5.94. The van der Waals surface area contributed by atoms with E-state index >= 15 is 0 Å². The molecule has 1 heterocycles. The quantitative estimate of drug-likeness (QED) is 0.783. The van der Waals surface area contributed by atoms with Crippen LogP contribution in [0.3, 0.4) is 0 Å². The van der Waals surface area contributed by atoms with E-state index < -0.39 is 6.04 Å². The van der Waals surface area contributed by atoms with Crippen molar-refractivity contribution < 1.29 is 9.18 Å². The molecule has 24 heavy (non-hydrogen) atoms. The maximum Gasteiger partial charge on any atom is 0.244 e. The Bertz CT molecular complexity index is 683. The van der Waals surface area contributed by atoms with Gasteiger partial charge in [0.15, 0.2) is 0 Å². The monoisotopic (exact) mass is 332 g/mol. The van der Waals surface area contributed by atoms with Gasteiger partial charge >= 0.3 is 0 Å². The molecular formula is C18H25FN4O. The molecule has 1 atom stereocenters. The number of hydrogen-bond acceptors (Lipinski definition) is 3.